The summed E-state index contributed by atoms with van der Waals surface area (Å²) < 4.78 is 5.84. The van der Waals surface area contributed by atoms with Gasteiger partial charge in [-0.25, -0.2) is 4.79 Å². The number of carboxylic acid groups (broad SMARTS) is 1. The molecule has 0 aliphatic rings. The minimum atomic E-state index is -1.39. The number of carbonyl (C=O) groups is 4. The minimum absolute atomic E-state index is 0.129. The Balaban J connectivity index is 4.44. The number of amides is 2. The zero-order valence-corrected chi connectivity index (χ0v) is 28.6. The maximum atomic E-state index is 12.5. The van der Waals surface area contributed by atoms with Crippen molar-refractivity contribution in [2.24, 2.45) is 0 Å². The van der Waals surface area contributed by atoms with Gasteiger partial charge in [-0.3, -0.25) is 14.4 Å². The van der Waals surface area contributed by atoms with E-state index in [2.05, 4.69) is 67.0 Å². The zero-order valence-electron chi connectivity index (χ0n) is 28.6. The molecule has 9 nitrogen and oxygen atoms in total. The first-order valence-corrected chi connectivity index (χ1v) is 17.5. The minimum Gasteiger partial charge on any atom is -0.480 e. The van der Waals surface area contributed by atoms with E-state index in [0.717, 1.165) is 70.6 Å². The highest BCUT2D eigenvalue weighted by atomic mass is 16.5. The maximum absolute atomic E-state index is 12.5. The van der Waals surface area contributed by atoms with Crippen molar-refractivity contribution in [3.63, 3.8) is 0 Å². The molecule has 0 aromatic carbocycles. The fourth-order valence-corrected chi connectivity index (χ4v) is 4.62. The number of nitrogens with one attached hydrogen (secondary N) is 2. The molecule has 0 saturated carbocycles. The molecule has 0 spiro atoms. The van der Waals surface area contributed by atoms with Crippen molar-refractivity contribution < 1.29 is 34.1 Å². The van der Waals surface area contributed by atoms with Gasteiger partial charge in [0.05, 0.1) is 13.2 Å². The molecule has 0 heterocycles. The fraction of sp³-hybridized carbons (Fsp3) is 0.676. The number of aliphatic hydroxyl groups excluding tert-OH is 1. The fourth-order valence-electron chi connectivity index (χ4n) is 4.62. The van der Waals surface area contributed by atoms with Crippen LogP contribution in [0.5, 0.6) is 0 Å². The number of allylic oxidation sites excluding steroid dienone is 7. The molecule has 2 amide bonds. The number of ether oxygens (including phenoxy) is 1. The van der Waals surface area contributed by atoms with Crippen molar-refractivity contribution in [3.05, 3.63) is 48.6 Å². The third-order valence-electron chi connectivity index (χ3n) is 7.32. The number of rotatable bonds is 30. The van der Waals surface area contributed by atoms with Crippen LogP contribution in [0.3, 0.4) is 0 Å². The summed E-state index contributed by atoms with van der Waals surface area (Å²) in [5.74, 6) is -2.41. The maximum Gasteiger partial charge on any atom is 0.328 e. The lowest BCUT2D eigenvalue weighted by molar-refractivity contribution is -0.147. The second kappa shape index (κ2) is 31.8. The summed E-state index contributed by atoms with van der Waals surface area (Å²) in [7, 11) is 0. The van der Waals surface area contributed by atoms with Crippen LogP contribution in [-0.4, -0.2) is 59.3 Å². The molecule has 0 rings (SSSR count). The van der Waals surface area contributed by atoms with Gasteiger partial charge < -0.3 is 25.6 Å². The molecule has 0 radical (unpaired) electrons. The Bertz CT molecular complexity index is 927. The first-order chi connectivity index (χ1) is 22.3. The molecule has 4 N–H and O–H groups in total. The number of unbranched alkanes of at least 4 members (excludes halogenated alkanes) is 10. The van der Waals surface area contributed by atoms with Gasteiger partial charge in [0.2, 0.25) is 11.8 Å². The Hall–Kier alpha value is -3.20. The quantitative estimate of drug-likeness (QED) is 0.0366. The molecule has 0 aliphatic heterocycles. The van der Waals surface area contributed by atoms with Crippen molar-refractivity contribution in [2.45, 2.75) is 148 Å². The summed E-state index contributed by atoms with van der Waals surface area (Å²) in [4.78, 5) is 47.1. The first-order valence-electron chi connectivity index (χ1n) is 17.5. The standard InChI is InChI=1S/C37H62N2O7/c1-3-5-7-9-11-12-13-14-16-18-22-26-32(46-36(43)29-25-21-15-10-8-6-4-2)27-23-19-17-20-24-28-34(41)38-30-35(42)39-33(31-40)37(44)45/h5,7,11-12,14,16,22,26,32-33,40H,3-4,6,8-10,13,15,17-21,23-25,27-31H2,1-2H3,(H,38,41)(H,39,42)(H,44,45)/b7-5-,12-11-,16-14-,26-22-. The molecule has 0 saturated heterocycles. The Kier molecular flexibility index (Phi) is 29.6. The SMILES string of the molecule is CC/C=C\C/C=C\C/C=C\C/C=C\C(CCCCCCCC(=O)NCC(=O)NC(CO)C(=O)O)OC(=O)CCCCCCCCC. The van der Waals surface area contributed by atoms with Crippen LogP contribution >= 0.6 is 0 Å². The summed E-state index contributed by atoms with van der Waals surface area (Å²) >= 11 is 0. The van der Waals surface area contributed by atoms with Gasteiger partial charge in [0.25, 0.3) is 0 Å². The molecule has 0 aromatic rings. The molecule has 2 atom stereocenters. The summed E-state index contributed by atoms with van der Waals surface area (Å²) in [6.45, 7) is 3.28. The Morgan fingerprint density at radius 3 is 1.80 bits per heavy atom. The number of aliphatic carboxylic acids is 1. The second-order valence-electron chi connectivity index (χ2n) is 11.6. The second-order valence-corrected chi connectivity index (χ2v) is 11.6. The number of carboxylic acids is 1. The number of hydrogen-bond acceptors (Lipinski definition) is 6. The van der Waals surface area contributed by atoms with Crippen molar-refractivity contribution in [1.29, 1.82) is 0 Å². The van der Waals surface area contributed by atoms with Gasteiger partial charge in [-0.15, -0.1) is 0 Å². The summed E-state index contributed by atoms with van der Waals surface area (Å²) in [6.07, 6.45) is 34.5. The highest BCUT2D eigenvalue weighted by molar-refractivity contribution is 5.87. The molecular weight excluding hydrogens is 584 g/mol. The van der Waals surface area contributed by atoms with E-state index in [0.29, 0.717) is 12.8 Å². The number of carbonyl (C=O) groups excluding carboxylic acids is 3. The Labute approximate surface area is 278 Å². The topological polar surface area (TPSA) is 142 Å². The normalized spacial score (nSPS) is 13.1. The summed E-state index contributed by atoms with van der Waals surface area (Å²) in [5.41, 5.74) is 0. The molecule has 0 fully saturated rings. The van der Waals surface area contributed by atoms with E-state index < -0.39 is 24.5 Å². The van der Waals surface area contributed by atoms with Gasteiger partial charge in [0, 0.05) is 12.8 Å². The first kappa shape index (κ1) is 42.8. The average molecular weight is 647 g/mol. The van der Waals surface area contributed by atoms with E-state index in [1.165, 1.54) is 32.1 Å². The van der Waals surface area contributed by atoms with Gasteiger partial charge in [-0.1, -0.05) is 114 Å². The third-order valence-corrected chi connectivity index (χ3v) is 7.32. The van der Waals surface area contributed by atoms with Crippen molar-refractivity contribution in [3.8, 4) is 0 Å². The molecule has 46 heavy (non-hydrogen) atoms. The number of hydrogen-bond donors (Lipinski definition) is 4. The third kappa shape index (κ3) is 28.3. The lowest BCUT2D eigenvalue weighted by atomic mass is 10.1. The lowest BCUT2D eigenvalue weighted by Crippen LogP contribution is -2.47. The van der Waals surface area contributed by atoms with Crippen molar-refractivity contribution >= 4 is 23.8 Å². The summed E-state index contributed by atoms with van der Waals surface area (Å²) in [5, 5.41) is 22.4. The van der Waals surface area contributed by atoms with Crippen LogP contribution in [0.15, 0.2) is 48.6 Å². The molecule has 0 aliphatic carbocycles. The molecule has 9 heteroatoms. The number of esters is 1. The van der Waals surface area contributed by atoms with E-state index in [4.69, 9.17) is 14.9 Å². The van der Waals surface area contributed by atoms with Gasteiger partial charge in [-0.05, 0) is 57.4 Å². The molecule has 0 aromatic heterocycles. The summed E-state index contributed by atoms with van der Waals surface area (Å²) in [6, 6.07) is -1.39. The van der Waals surface area contributed by atoms with Crippen LogP contribution in [0.1, 0.15) is 136 Å². The highest BCUT2D eigenvalue weighted by Gasteiger charge is 2.18. The van der Waals surface area contributed by atoms with E-state index in [1.807, 2.05) is 6.08 Å². The van der Waals surface area contributed by atoms with Crippen LogP contribution in [-0.2, 0) is 23.9 Å². The smallest absolute Gasteiger partial charge is 0.328 e. The van der Waals surface area contributed by atoms with Gasteiger partial charge in [0.1, 0.15) is 12.1 Å². The van der Waals surface area contributed by atoms with E-state index in [9.17, 15) is 19.2 Å². The van der Waals surface area contributed by atoms with E-state index in [-0.39, 0.29) is 30.9 Å². The van der Waals surface area contributed by atoms with Gasteiger partial charge in [0.15, 0.2) is 0 Å². The van der Waals surface area contributed by atoms with Crippen LogP contribution in [0.25, 0.3) is 0 Å². The number of aliphatic hydroxyl groups is 1. The Morgan fingerprint density at radius 1 is 0.674 bits per heavy atom. The predicted octanol–water partition coefficient (Wildman–Crippen LogP) is 7.25. The van der Waals surface area contributed by atoms with Crippen LogP contribution < -0.4 is 10.6 Å². The predicted molar refractivity (Wildman–Crippen MR) is 185 cm³/mol. The molecule has 0 bridgehead atoms. The molecule has 2 unspecified atom stereocenters. The average Bonchev–Trinajstić information content (AvgIpc) is 3.03. The van der Waals surface area contributed by atoms with Crippen LogP contribution in [0.2, 0.25) is 0 Å². The van der Waals surface area contributed by atoms with Crippen LogP contribution in [0, 0.1) is 0 Å². The monoisotopic (exact) mass is 646 g/mol. The molecule has 262 valence electrons. The van der Waals surface area contributed by atoms with E-state index >= 15 is 0 Å². The zero-order chi connectivity index (χ0) is 34.1. The van der Waals surface area contributed by atoms with Crippen molar-refractivity contribution in [1.82, 2.24) is 10.6 Å². The van der Waals surface area contributed by atoms with Gasteiger partial charge in [-0.2, -0.15) is 0 Å². The van der Waals surface area contributed by atoms with Gasteiger partial charge >= 0.3 is 11.9 Å². The lowest BCUT2D eigenvalue weighted by Gasteiger charge is -2.15. The highest BCUT2D eigenvalue weighted by Crippen LogP contribution is 2.14. The van der Waals surface area contributed by atoms with Crippen molar-refractivity contribution in [2.75, 3.05) is 13.2 Å². The molecular formula is C37H62N2O7. The van der Waals surface area contributed by atoms with E-state index in [1.54, 1.807) is 0 Å². The largest absolute Gasteiger partial charge is 0.480 e. The van der Waals surface area contributed by atoms with Crippen LogP contribution in [0.4, 0.5) is 0 Å². The Morgan fingerprint density at radius 2 is 1.22 bits per heavy atom.